The van der Waals surface area contributed by atoms with E-state index >= 15 is 0 Å². The summed E-state index contributed by atoms with van der Waals surface area (Å²) in [5, 5.41) is 0. The number of ether oxygens (including phenoxy) is 1. The summed E-state index contributed by atoms with van der Waals surface area (Å²) in [6.45, 7) is 2.84. The van der Waals surface area contributed by atoms with Crippen LogP contribution in [0.4, 0.5) is 13.2 Å². The van der Waals surface area contributed by atoms with Gasteiger partial charge in [-0.15, -0.1) is 13.2 Å². The molecule has 0 aliphatic heterocycles. The molecule has 16 heavy (non-hydrogen) atoms. The minimum Gasteiger partial charge on any atom is -0.406 e. The van der Waals surface area contributed by atoms with Crippen LogP contribution in [0.3, 0.4) is 0 Å². The Morgan fingerprint density at radius 1 is 1.19 bits per heavy atom. The Morgan fingerprint density at radius 2 is 1.69 bits per heavy atom. The molecule has 0 fully saturated rings. The molecule has 0 unspecified atom stereocenters. The van der Waals surface area contributed by atoms with E-state index in [4.69, 9.17) is 0 Å². The highest BCUT2D eigenvalue weighted by atomic mass is 32.2. The van der Waals surface area contributed by atoms with E-state index in [1.165, 1.54) is 0 Å². The maximum Gasteiger partial charge on any atom is 0.573 e. The van der Waals surface area contributed by atoms with E-state index in [2.05, 4.69) is 15.9 Å². The summed E-state index contributed by atoms with van der Waals surface area (Å²) in [6.07, 6.45) is -4.81. The summed E-state index contributed by atoms with van der Waals surface area (Å²) in [5.41, 5.74) is 0. The zero-order chi connectivity index (χ0) is 12.4. The molecule has 0 amide bonds. The van der Waals surface area contributed by atoms with E-state index in [1.807, 2.05) is 0 Å². The third-order valence-electron chi connectivity index (χ3n) is 1.53. The summed E-state index contributed by atoms with van der Waals surface area (Å²) >= 11 is 0. The lowest BCUT2D eigenvalue weighted by Crippen LogP contribution is -2.17. The number of alkyl halides is 3. The van der Waals surface area contributed by atoms with Gasteiger partial charge in [-0.25, -0.2) is 0 Å². The van der Waals surface area contributed by atoms with E-state index in [0.717, 1.165) is 24.3 Å². The number of rotatable bonds is 3. The first-order valence-electron chi connectivity index (χ1n) is 3.83. The standard InChI is InChI=1S/C8H6F3NO3S/c1-12-16(13,14)7-4-2-6(3-5-7)15-8(9,10)11/h2-5H,1H2. The number of benzene rings is 1. The molecule has 0 saturated carbocycles. The molecule has 4 nitrogen and oxygen atoms in total. The molecule has 0 aliphatic rings. The van der Waals surface area contributed by atoms with Crippen LogP contribution in [0.25, 0.3) is 0 Å². The minimum atomic E-state index is -4.81. The average molecular weight is 253 g/mol. The molecule has 0 saturated heterocycles. The number of hydrogen-bond donors (Lipinski definition) is 0. The Morgan fingerprint density at radius 3 is 2.06 bits per heavy atom. The molecule has 0 heterocycles. The van der Waals surface area contributed by atoms with Crippen LogP contribution >= 0.6 is 0 Å². The summed E-state index contributed by atoms with van der Waals surface area (Å²) in [6, 6.07) is 3.66. The lowest BCUT2D eigenvalue weighted by atomic mass is 10.3. The fraction of sp³-hybridized carbons (Fsp3) is 0.125. The third kappa shape index (κ3) is 3.23. The van der Waals surface area contributed by atoms with E-state index < -0.39 is 22.1 Å². The minimum absolute atomic E-state index is 0.253. The summed E-state index contributed by atoms with van der Waals surface area (Å²) in [4.78, 5) is -0.253. The van der Waals surface area contributed by atoms with Crippen LogP contribution in [0, 0.1) is 0 Å². The molecular formula is C8H6F3NO3S. The molecule has 8 heteroatoms. The van der Waals surface area contributed by atoms with Crippen LogP contribution in [0.1, 0.15) is 0 Å². The highest BCUT2D eigenvalue weighted by Crippen LogP contribution is 2.24. The Hall–Kier alpha value is -1.57. The van der Waals surface area contributed by atoms with Crippen molar-refractivity contribution in [3.05, 3.63) is 24.3 Å². The maximum absolute atomic E-state index is 11.8. The second kappa shape index (κ2) is 4.12. The fourth-order valence-corrected chi connectivity index (χ4v) is 1.52. The van der Waals surface area contributed by atoms with E-state index in [0.29, 0.717) is 0 Å². The van der Waals surface area contributed by atoms with Gasteiger partial charge in [0.25, 0.3) is 10.0 Å². The predicted octanol–water partition coefficient (Wildman–Crippen LogP) is 1.97. The van der Waals surface area contributed by atoms with Crippen molar-refractivity contribution < 1.29 is 26.3 Å². The maximum atomic E-state index is 11.8. The first-order valence-corrected chi connectivity index (χ1v) is 5.27. The van der Waals surface area contributed by atoms with E-state index in [1.54, 1.807) is 0 Å². The van der Waals surface area contributed by atoms with E-state index in [-0.39, 0.29) is 4.90 Å². The van der Waals surface area contributed by atoms with Gasteiger partial charge >= 0.3 is 6.36 Å². The van der Waals surface area contributed by atoms with Gasteiger partial charge in [-0.1, -0.05) is 0 Å². The summed E-state index contributed by atoms with van der Waals surface area (Å²) < 4.78 is 63.9. The molecule has 0 aliphatic carbocycles. The molecule has 0 bridgehead atoms. The van der Waals surface area contributed by atoms with Crippen molar-refractivity contribution in [3.8, 4) is 5.75 Å². The van der Waals surface area contributed by atoms with Gasteiger partial charge < -0.3 is 4.74 Å². The molecule has 0 N–H and O–H groups in total. The first kappa shape index (κ1) is 12.5. The quantitative estimate of drug-likeness (QED) is 0.774. The summed E-state index contributed by atoms with van der Waals surface area (Å²) in [5.74, 6) is -0.504. The van der Waals surface area contributed by atoms with Gasteiger partial charge in [0.15, 0.2) is 0 Å². The number of halogens is 3. The molecule has 1 aromatic carbocycles. The van der Waals surface area contributed by atoms with Crippen LogP contribution in [-0.4, -0.2) is 21.5 Å². The normalized spacial score (nSPS) is 12.2. The van der Waals surface area contributed by atoms with Crippen LogP contribution in [0.15, 0.2) is 33.6 Å². The van der Waals surface area contributed by atoms with Gasteiger partial charge in [0.1, 0.15) is 5.75 Å². The zero-order valence-electron chi connectivity index (χ0n) is 7.73. The zero-order valence-corrected chi connectivity index (χ0v) is 8.55. The van der Waals surface area contributed by atoms with Crippen LogP contribution in [0.2, 0.25) is 0 Å². The molecule has 1 aromatic rings. The summed E-state index contributed by atoms with van der Waals surface area (Å²) in [7, 11) is -3.88. The number of sulfonamides is 1. The largest absolute Gasteiger partial charge is 0.573 e. The van der Waals surface area contributed by atoms with Gasteiger partial charge in [0.05, 0.1) is 4.90 Å². The van der Waals surface area contributed by atoms with Gasteiger partial charge in [0.2, 0.25) is 0 Å². The van der Waals surface area contributed by atoms with Crippen molar-refractivity contribution in [2.24, 2.45) is 4.40 Å². The van der Waals surface area contributed by atoms with Crippen LogP contribution < -0.4 is 4.74 Å². The van der Waals surface area contributed by atoms with Crippen molar-refractivity contribution in [1.29, 1.82) is 0 Å². The molecule has 0 aromatic heterocycles. The number of hydrogen-bond acceptors (Lipinski definition) is 3. The average Bonchev–Trinajstić information content (AvgIpc) is 2.16. The van der Waals surface area contributed by atoms with Gasteiger partial charge in [0, 0.05) is 6.72 Å². The Bertz CT molecular complexity index is 478. The van der Waals surface area contributed by atoms with Crippen molar-refractivity contribution in [2.75, 3.05) is 0 Å². The topological polar surface area (TPSA) is 55.7 Å². The smallest absolute Gasteiger partial charge is 0.406 e. The molecule has 88 valence electrons. The lowest BCUT2D eigenvalue weighted by Gasteiger charge is -2.08. The van der Waals surface area contributed by atoms with Crippen LogP contribution in [0.5, 0.6) is 5.75 Å². The van der Waals surface area contributed by atoms with E-state index in [9.17, 15) is 21.6 Å². The third-order valence-corrected chi connectivity index (χ3v) is 2.73. The SMILES string of the molecule is C=NS(=O)(=O)c1ccc(OC(F)(F)F)cc1. The molecule has 0 atom stereocenters. The number of nitrogens with zero attached hydrogens (tertiary/aromatic N) is 1. The Kier molecular flexibility index (Phi) is 3.22. The van der Waals surface area contributed by atoms with Crippen molar-refractivity contribution >= 4 is 16.7 Å². The monoisotopic (exact) mass is 253 g/mol. The van der Waals surface area contributed by atoms with Gasteiger partial charge in [-0.3, -0.25) is 0 Å². The highest BCUT2D eigenvalue weighted by molar-refractivity contribution is 7.90. The fourth-order valence-electron chi connectivity index (χ4n) is 0.888. The van der Waals surface area contributed by atoms with Crippen molar-refractivity contribution in [3.63, 3.8) is 0 Å². The Balaban J connectivity index is 2.97. The lowest BCUT2D eigenvalue weighted by molar-refractivity contribution is -0.274. The molecule has 0 spiro atoms. The predicted molar refractivity (Wildman–Crippen MR) is 49.9 cm³/mol. The first-order chi connectivity index (χ1) is 7.24. The van der Waals surface area contributed by atoms with Crippen molar-refractivity contribution in [1.82, 2.24) is 0 Å². The van der Waals surface area contributed by atoms with Crippen LogP contribution in [-0.2, 0) is 10.0 Å². The van der Waals surface area contributed by atoms with Gasteiger partial charge in [-0.05, 0) is 24.3 Å². The second-order valence-electron chi connectivity index (χ2n) is 2.62. The second-order valence-corrected chi connectivity index (χ2v) is 4.30. The molecule has 0 radical (unpaired) electrons. The van der Waals surface area contributed by atoms with Crippen molar-refractivity contribution in [2.45, 2.75) is 11.3 Å². The van der Waals surface area contributed by atoms with Gasteiger partial charge in [-0.2, -0.15) is 12.8 Å². The molecule has 1 rings (SSSR count). The highest BCUT2D eigenvalue weighted by Gasteiger charge is 2.31. The Labute approximate surface area is 89.4 Å². The molecular weight excluding hydrogens is 247 g/mol.